The van der Waals surface area contributed by atoms with E-state index in [-0.39, 0.29) is 5.82 Å². The predicted octanol–water partition coefficient (Wildman–Crippen LogP) is 3.72. The molecule has 2 aromatic heterocycles. The van der Waals surface area contributed by atoms with Crippen molar-refractivity contribution in [2.24, 2.45) is 0 Å². The van der Waals surface area contributed by atoms with E-state index in [1.165, 1.54) is 12.1 Å². The first-order chi connectivity index (χ1) is 10.6. The summed E-state index contributed by atoms with van der Waals surface area (Å²) < 4.78 is 20.8. The molecule has 0 atom stereocenters. The largest absolute Gasteiger partial charge is 0.467 e. The number of hydrogen-bond acceptors (Lipinski definition) is 3. The fourth-order valence-corrected chi connectivity index (χ4v) is 2.19. The highest BCUT2D eigenvalue weighted by Gasteiger charge is 2.24. The summed E-state index contributed by atoms with van der Waals surface area (Å²) in [4.78, 5) is 4.27. The minimum atomic E-state index is -0.625. The molecule has 112 valence electrons. The molecule has 0 bridgehead atoms. The quantitative estimate of drug-likeness (QED) is 0.737. The molecule has 0 aliphatic heterocycles. The first-order valence-electron chi connectivity index (χ1n) is 6.97. The molecular formula is C17H16FN3O. The van der Waals surface area contributed by atoms with Gasteiger partial charge in [-0.15, -0.1) is 0 Å². The van der Waals surface area contributed by atoms with Gasteiger partial charge in [0, 0.05) is 12.3 Å². The van der Waals surface area contributed by atoms with E-state index >= 15 is 0 Å². The zero-order chi connectivity index (χ0) is 15.6. The minimum absolute atomic E-state index is 0.266. The smallest absolute Gasteiger partial charge is 0.218 e. The van der Waals surface area contributed by atoms with Gasteiger partial charge in [-0.1, -0.05) is 18.2 Å². The third-order valence-electron chi connectivity index (χ3n) is 3.37. The molecule has 0 aliphatic rings. The standard InChI is InChI=1S/C17H16FN3O/c1-17(2,13-6-8-14(18)9-7-13)22-16-10-12-20-21(16)15-5-3-4-11-19-15/h3-12H,1-2H3. The molecule has 0 aliphatic carbocycles. The van der Waals surface area contributed by atoms with Crippen LogP contribution >= 0.6 is 0 Å². The molecule has 0 unspecified atom stereocenters. The lowest BCUT2D eigenvalue weighted by Crippen LogP contribution is -2.26. The Kier molecular flexibility index (Phi) is 3.63. The number of nitrogens with zero attached hydrogens (tertiary/aromatic N) is 3. The predicted molar refractivity (Wildman–Crippen MR) is 81.4 cm³/mol. The summed E-state index contributed by atoms with van der Waals surface area (Å²) in [6, 6.07) is 13.7. The first-order valence-corrected chi connectivity index (χ1v) is 6.97. The molecule has 22 heavy (non-hydrogen) atoms. The summed E-state index contributed by atoms with van der Waals surface area (Å²) in [6.45, 7) is 3.85. The molecule has 0 saturated heterocycles. The monoisotopic (exact) mass is 297 g/mol. The van der Waals surface area contributed by atoms with E-state index in [4.69, 9.17) is 4.74 Å². The van der Waals surface area contributed by atoms with Crippen LogP contribution in [0.2, 0.25) is 0 Å². The second-order valence-electron chi connectivity index (χ2n) is 5.39. The Labute approximate surface area is 128 Å². The molecule has 5 heteroatoms. The second-order valence-corrected chi connectivity index (χ2v) is 5.39. The van der Waals surface area contributed by atoms with Crippen molar-refractivity contribution >= 4 is 0 Å². The molecular weight excluding hydrogens is 281 g/mol. The summed E-state index contributed by atoms with van der Waals surface area (Å²) >= 11 is 0. The van der Waals surface area contributed by atoms with Crippen LogP contribution in [0, 0.1) is 5.82 Å². The molecule has 0 saturated carbocycles. The van der Waals surface area contributed by atoms with Gasteiger partial charge >= 0.3 is 0 Å². The summed E-state index contributed by atoms with van der Waals surface area (Å²) in [6.07, 6.45) is 3.36. The van der Waals surface area contributed by atoms with E-state index in [1.807, 2.05) is 32.0 Å². The van der Waals surface area contributed by atoms with Crippen molar-refractivity contribution in [3.05, 3.63) is 72.3 Å². The SMILES string of the molecule is CC(C)(Oc1ccnn1-c1ccccn1)c1ccc(F)cc1. The van der Waals surface area contributed by atoms with Gasteiger partial charge in [-0.3, -0.25) is 0 Å². The van der Waals surface area contributed by atoms with Gasteiger partial charge < -0.3 is 4.74 Å². The van der Waals surface area contributed by atoms with Crippen molar-refractivity contribution in [2.45, 2.75) is 19.4 Å². The van der Waals surface area contributed by atoms with E-state index in [0.717, 1.165) is 5.56 Å². The van der Waals surface area contributed by atoms with Crippen molar-refractivity contribution in [2.75, 3.05) is 0 Å². The molecule has 0 spiro atoms. The normalized spacial score (nSPS) is 11.4. The number of benzene rings is 1. The molecule has 2 heterocycles. The van der Waals surface area contributed by atoms with Crippen molar-refractivity contribution in [3.63, 3.8) is 0 Å². The summed E-state index contributed by atoms with van der Waals surface area (Å²) in [7, 11) is 0. The van der Waals surface area contributed by atoms with E-state index in [9.17, 15) is 4.39 Å². The number of halogens is 1. The lowest BCUT2D eigenvalue weighted by molar-refractivity contribution is 0.0980. The average Bonchev–Trinajstić information content (AvgIpc) is 2.96. The fourth-order valence-electron chi connectivity index (χ4n) is 2.19. The van der Waals surface area contributed by atoms with Crippen LogP contribution in [0.25, 0.3) is 5.82 Å². The van der Waals surface area contributed by atoms with Crippen LogP contribution in [0.5, 0.6) is 5.88 Å². The van der Waals surface area contributed by atoms with Crippen molar-refractivity contribution in [3.8, 4) is 11.7 Å². The van der Waals surface area contributed by atoms with Crippen LogP contribution in [0.15, 0.2) is 60.9 Å². The van der Waals surface area contributed by atoms with E-state index in [0.29, 0.717) is 11.7 Å². The van der Waals surface area contributed by atoms with Gasteiger partial charge in [-0.2, -0.15) is 9.78 Å². The van der Waals surface area contributed by atoms with Crippen LogP contribution in [0.1, 0.15) is 19.4 Å². The number of hydrogen-bond donors (Lipinski definition) is 0. The Morgan fingerprint density at radius 3 is 2.45 bits per heavy atom. The van der Waals surface area contributed by atoms with Gasteiger partial charge in [-0.05, 0) is 43.7 Å². The zero-order valence-electron chi connectivity index (χ0n) is 12.4. The van der Waals surface area contributed by atoms with Crippen molar-refractivity contribution < 1.29 is 9.13 Å². The van der Waals surface area contributed by atoms with Gasteiger partial charge in [-0.25, -0.2) is 9.37 Å². The van der Waals surface area contributed by atoms with Gasteiger partial charge in [0.1, 0.15) is 11.4 Å². The van der Waals surface area contributed by atoms with E-state index < -0.39 is 5.60 Å². The maximum atomic E-state index is 13.1. The number of aromatic nitrogens is 3. The maximum absolute atomic E-state index is 13.1. The second kappa shape index (κ2) is 5.60. The topological polar surface area (TPSA) is 39.9 Å². The van der Waals surface area contributed by atoms with E-state index in [1.54, 1.807) is 35.3 Å². The number of pyridine rings is 1. The molecule has 0 radical (unpaired) electrons. The Bertz CT molecular complexity index is 751. The van der Waals surface area contributed by atoms with Gasteiger partial charge in [0.25, 0.3) is 0 Å². The molecule has 4 nitrogen and oxygen atoms in total. The van der Waals surface area contributed by atoms with Crippen LogP contribution in [-0.2, 0) is 5.60 Å². The molecule has 0 amide bonds. The minimum Gasteiger partial charge on any atom is -0.467 e. The Morgan fingerprint density at radius 1 is 1.00 bits per heavy atom. The van der Waals surface area contributed by atoms with Crippen LogP contribution in [0.4, 0.5) is 4.39 Å². The lowest BCUT2D eigenvalue weighted by atomic mass is 9.98. The highest BCUT2D eigenvalue weighted by molar-refractivity contribution is 5.29. The van der Waals surface area contributed by atoms with Crippen molar-refractivity contribution in [1.82, 2.24) is 14.8 Å². The number of rotatable bonds is 4. The molecule has 0 N–H and O–H groups in total. The van der Waals surface area contributed by atoms with Gasteiger partial charge in [0.05, 0.1) is 6.20 Å². The maximum Gasteiger partial charge on any atom is 0.218 e. The number of ether oxygens (including phenoxy) is 1. The molecule has 1 aromatic carbocycles. The van der Waals surface area contributed by atoms with Crippen LogP contribution in [0.3, 0.4) is 0 Å². The lowest BCUT2D eigenvalue weighted by Gasteiger charge is -2.27. The van der Waals surface area contributed by atoms with E-state index in [2.05, 4.69) is 10.1 Å². The molecule has 3 rings (SSSR count). The Balaban J connectivity index is 1.90. The first kappa shape index (κ1) is 14.3. The summed E-state index contributed by atoms with van der Waals surface area (Å²) in [5, 5.41) is 4.25. The Morgan fingerprint density at radius 2 is 1.77 bits per heavy atom. The van der Waals surface area contributed by atoms with Crippen LogP contribution < -0.4 is 4.74 Å². The summed E-state index contributed by atoms with van der Waals surface area (Å²) in [5.41, 5.74) is 0.253. The Hall–Kier alpha value is -2.69. The van der Waals surface area contributed by atoms with Gasteiger partial charge in [0.2, 0.25) is 5.88 Å². The average molecular weight is 297 g/mol. The van der Waals surface area contributed by atoms with Crippen molar-refractivity contribution in [1.29, 1.82) is 0 Å². The molecule has 3 aromatic rings. The highest BCUT2D eigenvalue weighted by Crippen LogP contribution is 2.28. The fraction of sp³-hybridized carbons (Fsp3) is 0.176. The third kappa shape index (κ3) is 2.83. The molecule has 0 fully saturated rings. The highest BCUT2D eigenvalue weighted by atomic mass is 19.1. The van der Waals surface area contributed by atoms with Crippen LogP contribution in [-0.4, -0.2) is 14.8 Å². The van der Waals surface area contributed by atoms with Gasteiger partial charge in [0.15, 0.2) is 5.82 Å². The summed E-state index contributed by atoms with van der Waals surface area (Å²) in [5.74, 6) is 0.989. The third-order valence-corrected chi connectivity index (χ3v) is 3.37. The zero-order valence-corrected chi connectivity index (χ0v) is 12.4.